The Hall–Kier alpha value is -1.63. The Morgan fingerprint density at radius 2 is 2.50 bits per heavy atom. The number of urea groups is 1. The fourth-order valence-corrected chi connectivity index (χ4v) is 2.42. The minimum absolute atomic E-state index is 0.0603. The third kappa shape index (κ3) is 3.47. The minimum atomic E-state index is -0.163. The van der Waals surface area contributed by atoms with Gasteiger partial charge in [-0.3, -0.25) is 0 Å². The summed E-state index contributed by atoms with van der Waals surface area (Å²) in [5.41, 5.74) is 0. The van der Waals surface area contributed by atoms with Crippen molar-refractivity contribution in [3.63, 3.8) is 0 Å². The van der Waals surface area contributed by atoms with Crippen molar-refractivity contribution in [3.8, 4) is 0 Å². The SMILES string of the molecule is CCN(C[C@@H]1CCOC1)C(=O)N[C@@H](C)c1nncn1C. The van der Waals surface area contributed by atoms with Gasteiger partial charge in [0, 0.05) is 32.7 Å². The summed E-state index contributed by atoms with van der Waals surface area (Å²) in [6.07, 6.45) is 2.66. The van der Waals surface area contributed by atoms with Crippen LogP contribution < -0.4 is 5.32 Å². The summed E-state index contributed by atoms with van der Waals surface area (Å²) in [4.78, 5) is 14.1. The lowest BCUT2D eigenvalue weighted by Gasteiger charge is -2.25. The monoisotopic (exact) mass is 281 g/mol. The standard InChI is InChI=1S/C13H23N5O2/c1-4-18(7-11-5-6-20-8-11)13(19)15-10(2)12-16-14-9-17(12)3/h9-11H,4-8H2,1-3H3,(H,15,19)/t10-,11-/m0/s1. The lowest BCUT2D eigenvalue weighted by Crippen LogP contribution is -2.43. The molecule has 7 nitrogen and oxygen atoms in total. The van der Waals surface area contributed by atoms with Gasteiger partial charge in [0.1, 0.15) is 6.33 Å². The van der Waals surface area contributed by atoms with Crippen LogP contribution in [0.4, 0.5) is 4.79 Å². The lowest BCUT2D eigenvalue weighted by atomic mass is 10.1. The molecular formula is C13H23N5O2. The molecule has 7 heteroatoms. The average molecular weight is 281 g/mol. The minimum Gasteiger partial charge on any atom is -0.381 e. The van der Waals surface area contributed by atoms with Gasteiger partial charge < -0.3 is 19.5 Å². The number of hydrogen-bond acceptors (Lipinski definition) is 4. The molecule has 1 aliphatic heterocycles. The molecule has 1 saturated heterocycles. The number of carbonyl (C=O) groups excluding carboxylic acids is 1. The van der Waals surface area contributed by atoms with E-state index in [0.29, 0.717) is 12.5 Å². The fourth-order valence-electron chi connectivity index (χ4n) is 2.42. The number of nitrogens with zero attached hydrogens (tertiary/aromatic N) is 4. The third-order valence-electron chi connectivity index (χ3n) is 3.65. The molecule has 0 aliphatic carbocycles. The van der Waals surface area contributed by atoms with Crippen molar-refractivity contribution < 1.29 is 9.53 Å². The van der Waals surface area contributed by atoms with Crippen molar-refractivity contribution in [3.05, 3.63) is 12.2 Å². The fraction of sp³-hybridized carbons (Fsp3) is 0.769. The Kier molecular flexibility index (Phi) is 4.94. The van der Waals surface area contributed by atoms with Crippen LogP contribution in [-0.2, 0) is 11.8 Å². The number of ether oxygens (including phenoxy) is 1. The second kappa shape index (κ2) is 6.69. The lowest BCUT2D eigenvalue weighted by molar-refractivity contribution is 0.165. The largest absolute Gasteiger partial charge is 0.381 e. The highest BCUT2D eigenvalue weighted by atomic mass is 16.5. The van der Waals surface area contributed by atoms with Gasteiger partial charge in [-0.2, -0.15) is 0 Å². The van der Waals surface area contributed by atoms with E-state index in [1.165, 1.54) is 0 Å². The molecule has 20 heavy (non-hydrogen) atoms. The van der Waals surface area contributed by atoms with Gasteiger partial charge >= 0.3 is 6.03 Å². The molecule has 0 aromatic carbocycles. The van der Waals surface area contributed by atoms with Gasteiger partial charge in [-0.1, -0.05) is 0 Å². The zero-order valence-electron chi connectivity index (χ0n) is 12.4. The zero-order valence-corrected chi connectivity index (χ0v) is 12.4. The zero-order chi connectivity index (χ0) is 14.5. The molecule has 1 N–H and O–H groups in total. The first-order valence-electron chi connectivity index (χ1n) is 7.08. The second-order valence-electron chi connectivity index (χ2n) is 5.24. The quantitative estimate of drug-likeness (QED) is 0.872. The smallest absolute Gasteiger partial charge is 0.317 e. The molecule has 0 bridgehead atoms. The van der Waals surface area contributed by atoms with Crippen LogP contribution in [0.2, 0.25) is 0 Å². The number of hydrogen-bond donors (Lipinski definition) is 1. The van der Waals surface area contributed by atoms with Crippen LogP contribution in [0, 0.1) is 5.92 Å². The summed E-state index contributed by atoms with van der Waals surface area (Å²) in [5.74, 6) is 1.20. The number of carbonyl (C=O) groups is 1. The van der Waals surface area contributed by atoms with Gasteiger partial charge in [0.15, 0.2) is 5.82 Å². The summed E-state index contributed by atoms with van der Waals surface area (Å²) in [6.45, 7) is 6.89. The number of rotatable bonds is 5. The van der Waals surface area contributed by atoms with Crippen molar-refractivity contribution in [2.75, 3.05) is 26.3 Å². The normalized spacial score (nSPS) is 19.9. The predicted octanol–water partition coefficient (Wildman–Crippen LogP) is 0.944. The molecule has 2 amide bonds. The van der Waals surface area contributed by atoms with Gasteiger partial charge in [0.05, 0.1) is 12.6 Å². The van der Waals surface area contributed by atoms with E-state index in [4.69, 9.17) is 4.74 Å². The van der Waals surface area contributed by atoms with Crippen molar-refractivity contribution >= 4 is 6.03 Å². The Morgan fingerprint density at radius 1 is 1.70 bits per heavy atom. The maximum atomic E-state index is 12.3. The maximum Gasteiger partial charge on any atom is 0.317 e. The van der Waals surface area contributed by atoms with Crippen molar-refractivity contribution in [2.24, 2.45) is 13.0 Å². The van der Waals surface area contributed by atoms with Gasteiger partial charge in [-0.05, 0) is 20.3 Å². The molecule has 1 aliphatic rings. The molecule has 0 radical (unpaired) electrons. The Bertz CT molecular complexity index is 442. The Balaban J connectivity index is 1.89. The summed E-state index contributed by atoms with van der Waals surface area (Å²) in [6, 6.07) is -0.223. The van der Waals surface area contributed by atoms with Crippen LogP contribution >= 0.6 is 0 Å². The first-order valence-corrected chi connectivity index (χ1v) is 7.08. The highest BCUT2D eigenvalue weighted by Gasteiger charge is 2.23. The molecule has 0 spiro atoms. The van der Waals surface area contributed by atoms with Crippen LogP contribution in [-0.4, -0.2) is 52.0 Å². The van der Waals surface area contributed by atoms with Gasteiger partial charge in [0.2, 0.25) is 0 Å². The highest BCUT2D eigenvalue weighted by molar-refractivity contribution is 5.74. The molecule has 1 aromatic rings. The molecule has 2 heterocycles. The van der Waals surface area contributed by atoms with Gasteiger partial charge in [-0.15, -0.1) is 10.2 Å². The summed E-state index contributed by atoms with van der Waals surface area (Å²) in [7, 11) is 1.87. The number of amides is 2. The highest BCUT2D eigenvalue weighted by Crippen LogP contribution is 2.15. The molecule has 0 saturated carbocycles. The first-order chi connectivity index (χ1) is 9.61. The summed E-state index contributed by atoms with van der Waals surface area (Å²) in [5, 5.41) is 10.8. The summed E-state index contributed by atoms with van der Waals surface area (Å²) < 4.78 is 7.17. The third-order valence-corrected chi connectivity index (χ3v) is 3.65. The van der Waals surface area contributed by atoms with E-state index < -0.39 is 0 Å². The predicted molar refractivity (Wildman–Crippen MR) is 74.1 cm³/mol. The molecule has 2 atom stereocenters. The number of aromatic nitrogens is 3. The van der Waals surface area contributed by atoms with Crippen LogP contribution in [0.15, 0.2) is 6.33 Å². The Labute approximate surface area is 119 Å². The molecule has 1 fully saturated rings. The van der Waals surface area contributed by atoms with E-state index in [1.807, 2.05) is 30.4 Å². The number of nitrogens with one attached hydrogen (secondary N) is 1. The van der Waals surface area contributed by atoms with Crippen LogP contribution in [0.3, 0.4) is 0 Å². The van der Waals surface area contributed by atoms with Gasteiger partial charge in [0.25, 0.3) is 0 Å². The topological polar surface area (TPSA) is 72.3 Å². The van der Waals surface area contributed by atoms with E-state index in [1.54, 1.807) is 6.33 Å². The maximum absolute atomic E-state index is 12.3. The van der Waals surface area contributed by atoms with Crippen molar-refractivity contribution in [1.29, 1.82) is 0 Å². The number of aryl methyl sites for hydroxylation is 1. The average Bonchev–Trinajstić information content (AvgIpc) is 3.06. The summed E-state index contributed by atoms with van der Waals surface area (Å²) >= 11 is 0. The van der Waals surface area contributed by atoms with Crippen molar-refractivity contribution in [1.82, 2.24) is 25.0 Å². The van der Waals surface area contributed by atoms with Crippen LogP contribution in [0.5, 0.6) is 0 Å². The first kappa shape index (κ1) is 14.8. The van der Waals surface area contributed by atoms with Crippen molar-refractivity contribution in [2.45, 2.75) is 26.3 Å². The molecule has 2 rings (SSSR count). The molecule has 1 aromatic heterocycles. The second-order valence-corrected chi connectivity index (χ2v) is 5.24. The van der Waals surface area contributed by atoms with E-state index in [9.17, 15) is 4.79 Å². The van der Waals surface area contributed by atoms with Crippen LogP contribution in [0.1, 0.15) is 32.1 Å². The van der Waals surface area contributed by atoms with Crippen LogP contribution in [0.25, 0.3) is 0 Å². The van der Waals surface area contributed by atoms with E-state index in [0.717, 1.165) is 32.0 Å². The molecular weight excluding hydrogens is 258 g/mol. The molecule has 0 unspecified atom stereocenters. The van der Waals surface area contributed by atoms with E-state index in [-0.39, 0.29) is 12.1 Å². The molecule has 112 valence electrons. The van der Waals surface area contributed by atoms with E-state index >= 15 is 0 Å². The van der Waals surface area contributed by atoms with E-state index in [2.05, 4.69) is 15.5 Å². The van der Waals surface area contributed by atoms with Gasteiger partial charge in [-0.25, -0.2) is 4.79 Å². The Morgan fingerprint density at radius 3 is 3.05 bits per heavy atom.